The summed E-state index contributed by atoms with van der Waals surface area (Å²) < 4.78 is 18.1. The number of benzene rings is 2. The topological polar surface area (TPSA) is 120 Å². The SMILES string of the molecule is CCOc1ccc([C@@H]2C(C(=O)OC)=CN=c3s/c(=C\c4ccc(O)cc4O)c(=O)n32)cc1OCC. The summed E-state index contributed by atoms with van der Waals surface area (Å²) in [4.78, 5) is 30.9. The van der Waals surface area contributed by atoms with Crippen LogP contribution in [0.25, 0.3) is 6.08 Å². The van der Waals surface area contributed by atoms with E-state index < -0.39 is 17.6 Å². The minimum absolute atomic E-state index is 0.0931. The van der Waals surface area contributed by atoms with Crippen molar-refractivity contribution in [2.24, 2.45) is 4.99 Å². The zero-order valence-electron chi connectivity index (χ0n) is 19.3. The number of hydrogen-bond acceptors (Lipinski definition) is 9. The van der Waals surface area contributed by atoms with Gasteiger partial charge in [-0.15, -0.1) is 0 Å². The third kappa shape index (κ3) is 4.65. The summed E-state index contributed by atoms with van der Waals surface area (Å²) in [6, 6.07) is 8.54. The van der Waals surface area contributed by atoms with Gasteiger partial charge >= 0.3 is 5.97 Å². The smallest absolute Gasteiger partial charge is 0.337 e. The van der Waals surface area contributed by atoms with E-state index in [1.807, 2.05) is 13.8 Å². The summed E-state index contributed by atoms with van der Waals surface area (Å²) in [6.45, 7) is 4.57. The molecule has 3 aromatic rings. The van der Waals surface area contributed by atoms with E-state index in [1.165, 1.54) is 42.2 Å². The third-order valence-corrected chi connectivity index (χ3v) is 6.31. The zero-order valence-corrected chi connectivity index (χ0v) is 20.2. The van der Waals surface area contributed by atoms with Crippen LogP contribution in [0.3, 0.4) is 0 Å². The van der Waals surface area contributed by atoms with Crippen LogP contribution in [0.1, 0.15) is 31.0 Å². The molecule has 0 saturated heterocycles. The quantitative estimate of drug-likeness (QED) is 0.482. The minimum Gasteiger partial charge on any atom is -0.508 e. The van der Waals surface area contributed by atoms with Gasteiger partial charge in [-0.1, -0.05) is 17.4 Å². The highest BCUT2D eigenvalue weighted by molar-refractivity contribution is 7.07. The number of ether oxygens (including phenoxy) is 3. The number of fused-ring (bicyclic) bond motifs is 1. The summed E-state index contributed by atoms with van der Waals surface area (Å²) in [5, 5.41) is 19.7. The van der Waals surface area contributed by atoms with Crippen molar-refractivity contribution in [2.75, 3.05) is 20.3 Å². The lowest BCUT2D eigenvalue weighted by Crippen LogP contribution is -2.39. The van der Waals surface area contributed by atoms with Crippen molar-refractivity contribution < 1.29 is 29.2 Å². The lowest BCUT2D eigenvalue weighted by molar-refractivity contribution is -0.136. The maximum atomic E-state index is 13.5. The van der Waals surface area contributed by atoms with Crippen LogP contribution >= 0.6 is 11.3 Å². The summed E-state index contributed by atoms with van der Waals surface area (Å²) in [7, 11) is 1.27. The first-order valence-electron chi connectivity index (χ1n) is 10.9. The molecule has 0 saturated carbocycles. The van der Waals surface area contributed by atoms with Gasteiger partial charge in [0.2, 0.25) is 0 Å². The first-order valence-corrected chi connectivity index (χ1v) is 11.7. The number of carbonyl (C=O) groups is 1. The predicted octanol–water partition coefficient (Wildman–Crippen LogP) is 2.23. The Bertz CT molecular complexity index is 1490. The van der Waals surface area contributed by atoms with Gasteiger partial charge in [-0.2, -0.15) is 0 Å². The molecule has 9 nitrogen and oxygen atoms in total. The second-order valence-electron chi connectivity index (χ2n) is 7.49. The lowest BCUT2D eigenvalue weighted by atomic mass is 9.97. The Morgan fingerprint density at radius 1 is 1.11 bits per heavy atom. The van der Waals surface area contributed by atoms with Crippen molar-refractivity contribution >= 4 is 23.4 Å². The van der Waals surface area contributed by atoms with E-state index in [1.54, 1.807) is 18.2 Å². The molecule has 0 aliphatic carbocycles. The van der Waals surface area contributed by atoms with Crippen molar-refractivity contribution in [1.82, 2.24) is 4.57 Å². The summed E-state index contributed by atoms with van der Waals surface area (Å²) >= 11 is 1.12. The third-order valence-electron chi connectivity index (χ3n) is 5.31. The molecular formula is C25H24N2O7S. The number of methoxy groups -OCH3 is 1. The van der Waals surface area contributed by atoms with Gasteiger partial charge in [0.1, 0.15) is 11.5 Å². The second kappa shape index (κ2) is 10.1. The molecule has 0 fully saturated rings. The number of esters is 1. The van der Waals surface area contributed by atoms with Gasteiger partial charge in [-0.3, -0.25) is 9.36 Å². The van der Waals surface area contributed by atoms with Crippen molar-refractivity contribution in [1.29, 1.82) is 0 Å². The monoisotopic (exact) mass is 496 g/mol. The molecule has 1 aliphatic rings. The predicted molar refractivity (Wildman–Crippen MR) is 130 cm³/mol. The van der Waals surface area contributed by atoms with Crippen LogP contribution < -0.4 is 24.4 Å². The van der Waals surface area contributed by atoms with Crippen molar-refractivity contribution in [2.45, 2.75) is 19.9 Å². The normalized spacial score (nSPS) is 15.1. The fourth-order valence-electron chi connectivity index (χ4n) is 3.78. The van der Waals surface area contributed by atoms with E-state index in [0.717, 1.165) is 11.3 Å². The van der Waals surface area contributed by atoms with Crippen LogP contribution in [0.2, 0.25) is 0 Å². The molecule has 35 heavy (non-hydrogen) atoms. The minimum atomic E-state index is -0.816. The molecule has 0 radical (unpaired) electrons. The van der Waals surface area contributed by atoms with Crippen molar-refractivity contribution in [3.05, 3.63) is 79.0 Å². The average molecular weight is 497 g/mol. The van der Waals surface area contributed by atoms with Crippen LogP contribution in [-0.4, -0.2) is 41.1 Å². The van der Waals surface area contributed by atoms with Crippen molar-refractivity contribution in [3.63, 3.8) is 0 Å². The van der Waals surface area contributed by atoms with Crippen LogP contribution in [0.5, 0.6) is 23.0 Å². The van der Waals surface area contributed by atoms with Crippen LogP contribution in [0.15, 0.2) is 58.0 Å². The Kier molecular flexibility index (Phi) is 6.92. The molecule has 0 bridgehead atoms. The molecule has 1 atom stereocenters. The van der Waals surface area contributed by atoms with Gasteiger partial charge in [0, 0.05) is 17.8 Å². The number of thiazole rings is 1. The lowest BCUT2D eigenvalue weighted by Gasteiger charge is -2.23. The largest absolute Gasteiger partial charge is 0.508 e. The first-order chi connectivity index (χ1) is 16.9. The molecule has 10 heteroatoms. The number of nitrogens with zero attached hydrogens (tertiary/aromatic N) is 2. The second-order valence-corrected chi connectivity index (χ2v) is 8.50. The molecule has 2 heterocycles. The standard InChI is InChI=1S/C25H24N2O7S/c1-4-33-19-9-7-15(10-20(19)34-5-2)22-17(24(31)32-3)13-26-25-27(22)23(30)21(35-25)11-14-6-8-16(28)12-18(14)29/h6-13,22,28-29H,4-5H2,1-3H3/b21-11-/t22-/m1/s1. The molecule has 1 aromatic heterocycles. The summed E-state index contributed by atoms with van der Waals surface area (Å²) in [5.74, 6) is 0.164. The molecular weight excluding hydrogens is 472 g/mol. The fourth-order valence-corrected chi connectivity index (χ4v) is 4.74. The average Bonchev–Trinajstić information content (AvgIpc) is 3.16. The fraction of sp³-hybridized carbons (Fsp3) is 0.240. The van der Waals surface area contributed by atoms with E-state index in [4.69, 9.17) is 14.2 Å². The molecule has 0 unspecified atom stereocenters. The maximum absolute atomic E-state index is 13.5. The Hall–Kier alpha value is -4.05. The van der Waals surface area contributed by atoms with E-state index >= 15 is 0 Å². The van der Waals surface area contributed by atoms with Gasteiger partial charge in [0.05, 0.1) is 36.5 Å². The molecule has 2 aromatic carbocycles. The highest BCUT2D eigenvalue weighted by atomic mass is 32.1. The number of aromatic nitrogens is 1. The van der Waals surface area contributed by atoms with Crippen LogP contribution in [0.4, 0.5) is 0 Å². The number of phenolic OH excluding ortho intramolecular Hbond substituents is 2. The number of rotatable bonds is 7. The van der Waals surface area contributed by atoms with E-state index in [-0.39, 0.29) is 17.1 Å². The molecule has 2 N–H and O–H groups in total. The number of aromatic hydroxyl groups is 2. The van der Waals surface area contributed by atoms with E-state index in [0.29, 0.717) is 45.2 Å². The maximum Gasteiger partial charge on any atom is 0.337 e. The molecule has 182 valence electrons. The summed E-state index contributed by atoms with van der Waals surface area (Å²) in [6.07, 6.45) is 2.92. The van der Waals surface area contributed by atoms with Gasteiger partial charge in [0.15, 0.2) is 16.3 Å². The number of phenols is 2. The summed E-state index contributed by atoms with van der Waals surface area (Å²) in [5.41, 5.74) is 0.762. The Balaban J connectivity index is 1.91. The molecule has 1 aliphatic heterocycles. The zero-order chi connectivity index (χ0) is 25.1. The Morgan fingerprint density at radius 2 is 1.86 bits per heavy atom. The molecule has 4 rings (SSSR count). The first kappa shape index (κ1) is 24.1. The van der Waals surface area contributed by atoms with E-state index in [9.17, 15) is 19.8 Å². The van der Waals surface area contributed by atoms with Gasteiger partial charge in [-0.25, -0.2) is 9.79 Å². The van der Waals surface area contributed by atoms with Gasteiger partial charge < -0.3 is 24.4 Å². The molecule has 0 spiro atoms. The van der Waals surface area contributed by atoms with Crippen LogP contribution in [-0.2, 0) is 9.53 Å². The van der Waals surface area contributed by atoms with Crippen LogP contribution in [0, 0.1) is 0 Å². The Morgan fingerprint density at radius 3 is 2.54 bits per heavy atom. The van der Waals surface area contributed by atoms with E-state index in [2.05, 4.69) is 4.99 Å². The number of carbonyl (C=O) groups excluding carboxylic acids is 1. The van der Waals surface area contributed by atoms with Crippen molar-refractivity contribution in [3.8, 4) is 23.0 Å². The Labute approximate surface area is 204 Å². The van der Waals surface area contributed by atoms with Gasteiger partial charge in [-0.05, 0) is 49.8 Å². The number of hydrogen-bond donors (Lipinski definition) is 2. The highest BCUT2D eigenvalue weighted by Crippen LogP contribution is 2.35. The highest BCUT2D eigenvalue weighted by Gasteiger charge is 2.31. The van der Waals surface area contributed by atoms with Gasteiger partial charge in [0.25, 0.3) is 5.56 Å². The molecule has 0 amide bonds.